The van der Waals surface area contributed by atoms with Crippen LogP contribution in [0.15, 0.2) is 18.2 Å². The lowest BCUT2D eigenvalue weighted by Gasteiger charge is -2.08. The number of aromatic nitrogens is 2. The Labute approximate surface area is 104 Å². The number of rotatable bonds is 4. The van der Waals surface area contributed by atoms with Crippen molar-refractivity contribution < 1.29 is 14.6 Å². The molecular formula is C13H14N2O3. The van der Waals surface area contributed by atoms with Crippen molar-refractivity contribution in [3.63, 3.8) is 0 Å². The molecule has 0 fully saturated rings. The van der Waals surface area contributed by atoms with Gasteiger partial charge in [-0.2, -0.15) is 0 Å². The zero-order chi connectivity index (χ0) is 13.1. The van der Waals surface area contributed by atoms with Gasteiger partial charge in [0.1, 0.15) is 11.3 Å². The van der Waals surface area contributed by atoms with Gasteiger partial charge in [-0.3, -0.25) is 0 Å². The summed E-state index contributed by atoms with van der Waals surface area (Å²) < 4.78 is 5.21. The number of hydrogen-bond acceptors (Lipinski definition) is 4. The van der Waals surface area contributed by atoms with E-state index in [1.54, 1.807) is 6.07 Å². The normalized spacial score (nSPS) is 10.6. The summed E-state index contributed by atoms with van der Waals surface area (Å²) in [5.41, 5.74) is 1.30. The van der Waals surface area contributed by atoms with E-state index in [9.17, 15) is 4.79 Å². The van der Waals surface area contributed by atoms with Gasteiger partial charge in [0.15, 0.2) is 0 Å². The summed E-state index contributed by atoms with van der Waals surface area (Å²) in [4.78, 5) is 19.2. The van der Waals surface area contributed by atoms with E-state index in [0.717, 1.165) is 17.5 Å². The minimum atomic E-state index is -1.12. The number of hydrogen-bond donors (Lipinski definition) is 1. The van der Waals surface area contributed by atoms with Gasteiger partial charge in [0.05, 0.1) is 12.8 Å². The van der Waals surface area contributed by atoms with Gasteiger partial charge in [-0.1, -0.05) is 25.5 Å². The Balaban J connectivity index is 2.76. The minimum Gasteiger partial charge on any atom is -0.494 e. The molecule has 0 saturated carbocycles. The maximum absolute atomic E-state index is 11.0. The molecule has 0 atom stereocenters. The highest BCUT2D eigenvalue weighted by molar-refractivity contribution is 5.91. The lowest BCUT2D eigenvalue weighted by molar-refractivity contribution is 0.0683. The molecule has 0 radical (unpaired) electrons. The van der Waals surface area contributed by atoms with E-state index >= 15 is 0 Å². The SMILES string of the molecule is CCCc1nc(C(=O)O)nc2c(OC)cccc12. The quantitative estimate of drug-likeness (QED) is 0.896. The van der Waals surface area contributed by atoms with Crippen LogP contribution < -0.4 is 4.74 Å². The summed E-state index contributed by atoms with van der Waals surface area (Å²) in [6.07, 6.45) is 1.61. The van der Waals surface area contributed by atoms with Crippen LogP contribution in [0.2, 0.25) is 0 Å². The van der Waals surface area contributed by atoms with E-state index in [1.165, 1.54) is 7.11 Å². The molecule has 1 aromatic heterocycles. The van der Waals surface area contributed by atoms with Gasteiger partial charge >= 0.3 is 5.97 Å². The molecule has 0 bridgehead atoms. The number of carboxylic acid groups (broad SMARTS) is 1. The fraction of sp³-hybridized carbons (Fsp3) is 0.308. The molecule has 2 aromatic rings. The molecule has 0 unspecified atom stereocenters. The van der Waals surface area contributed by atoms with Gasteiger partial charge in [0, 0.05) is 5.39 Å². The Kier molecular flexibility index (Phi) is 3.41. The summed E-state index contributed by atoms with van der Waals surface area (Å²) in [6, 6.07) is 5.50. The van der Waals surface area contributed by atoms with E-state index in [-0.39, 0.29) is 5.82 Å². The van der Waals surface area contributed by atoms with Gasteiger partial charge in [-0.15, -0.1) is 0 Å². The number of benzene rings is 1. The van der Waals surface area contributed by atoms with Crippen LogP contribution in [0.5, 0.6) is 5.75 Å². The third-order valence-electron chi connectivity index (χ3n) is 2.67. The average molecular weight is 246 g/mol. The number of aromatic carboxylic acids is 1. The molecule has 0 aliphatic rings. The van der Waals surface area contributed by atoms with Crippen molar-refractivity contribution in [2.24, 2.45) is 0 Å². The van der Waals surface area contributed by atoms with Crippen molar-refractivity contribution in [1.29, 1.82) is 0 Å². The van der Waals surface area contributed by atoms with Crippen molar-refractivity contribution in [1.82, 2.24) is 9.97 Å². The first-order valence-corrected chi connectivity index (χ1v) is 5.74. The number of methoxy groups -OCH3 is 1. The molecule has 0 amide bonds. The first kappa shape index (κ1) is 12.3. The van der Waals surface area contributed by atoms with E-state index in [2.05, 4.69) is 9.97 Å². The Bertz CT molecular complexity index is 596. The molecule has 0 saturated heterocycles. The van der Waals surface area contributed by atoms with Crippen LogP contribution in [-0.2, 0) is 6.42 Å². The van der Waals surface area contributed by atoms with E-state index < -0.39 is 5.97 Å². The summed E-state index contributed by atoms with van der Waals surface area (Å²) in [7, 11) is 1.54. The highest BCUT2D eigenvalue weighted by Gasteiger charge is 2.14. The molecule has 5 nitrogen and oxygen atoms in total. The minimum absolute atomic E-state index is 0.185. The topological polar surface area (TPSA) is 72.3 Å². The molecule has 0 spiro atoms. The van der Waals surface area contributed by atoms with E-state index in [1.807, 2.05) is 19.1 Å². The van der Waals surface area contributed by atoms with Crippen LogP contribution >= 0.6 is 0 Å². The van der Waals surface area contributed by atoms with Gasteiger partial charge in [0.2, 0.25) is 5.82 Å². The Morgan fingerprint density at radius 1 is 1.39 bits per heavy atom. The van der Waals surface area contributed by atoms with Gasteiger partial charge < -0.3 is 9.84 Å². The van der Waals surface area contributed by atoms with Crippen LogP contribution in [0.4, 0.5) is 0 Å². The Hall–Kier alpha value is -2.17. The molecule has 1 N–H and O–H groups in total. The average Bonchev–Trinajstić information content (AvgIpc) is 2.38. The van der Waals surface area contributed by atoms with Crippen molar-refractivity contribution in [3.8, 4) is 5.75 Å². The first-order chi connectivity index (χ1) is 8.67. The van der Waals surface area contributed by atoms with Crippen LogP contribution in [0, 0.1) is 0 Å². The van der Waals surface area contributed by atoms with Crippen LogP contribution in [0.25, 0.3) is 10.9 Å². The maximum atomic E-state index is 11.0. The van der Waals surface area contributed by atoms with Crippen LogP contribution in [0.3, 0.4) is 0 Å². The highest BCUT2D eigenvalue weighted by Crippen LogP contribution is 2.26. The smallest absolute Gasteiger partial charge is 0.373 e. The van der Waals surface area contributed by atoms with Crippen LogP contribution in [-0.4, -0.2) is 28.2 Å². The second-order valence-corrected chi connectivity index (χ2v) is 3.91. The number of carboxylic acids is 1. The molecule has 5 heteroatoms. The molecule has 1 aromatic carbocycles. The highest BCUT2D eigenvalue weighted by atomic mass is 16.5. The van der Waals surface area contributed by atoms with Gasteiger partial charge in [-0.05, 0) is 12.5 Å². The zero-order valence-electron chi connectivity index (χ0n) is 10.3. The predicted octanol–water partition coefficient (Wildman–Crippen LogP) is 2.29. The monoisotopic (exact) mass is 246 g/mol. The number of carbonyl (C=O) groups is 1. The Morgan fingerprint density at radius 2 is 2.17 bits per heavy atom. The summed E-state index contributed by atoms with van der Waals surface area (Å²) in [6.45, 7) is 2.02. The molecule has 94 valence electrons. The van der Waals surface area contributed by atoms with Crippen molar-refractivity contribution in [2.75, 3.05) is 7.11 Å². The zero-order valence-corrected chi connectivity index (χ0v) is 10.3. The van der Waals surface area contributed by atoms with Crippen molar-refractivity contribution >= 4 is 16.9 Å². The predicted molar refractivity (Wildman–Crippen MR) is 67.0 cm³/mol. The van der Waals surface area contributed by atoms with Gasteiger partial charge in [-0.25, -0.2) is 14.8 Å². The molecule has 0 aliphatic carbocycles. The standard InChI is InChI=1S/C13H14N2O3/c1-3-5-9-8-6-4-7-10(18-2)11(8)15-12(14-9)13(16)17/h4,6-7H,3,5H2,1-2H3,(H,16,17). The summed E-state index contributed by atoms with van der Waals surface area (Å²) in [5, 5.41) is 9.88. The molecule has 18 heavy (non-hydrogen) atoms. The number of nitrogens with zero attached hydrogens (tertiary/aromatic N) is 2. The summed E-state index contributed by atoms with van der Waals surface area (Å²) in [5.74, 6) is -0.745. The number of aryl methyl sites for hydroxylation is 1. The largest absolute Gasteiger partial charge is 0.494 e. The van der Waals surface area contributed by atoms with E-state index in [4.69, 9.17) is 9.84 Å². The lowest BCUT2D eigenvalue weighted by atomic mass is 10.1. The lowest BCUT2D eigenvalue weighted by Crippen LogP contribution is -2.08. The molecular weight excluding hydrogens is 232 g/mol. The first-order valence-electron chi connectivity index (χ1n) is 5.74. The van der Waals surface area contributed by atoms with Crippen LogP contribution in [0.1, 0.15) is 29.7 Å². The second kappa shape index (κ2) is 5.00. The fourth-order valence-corrected chi connectivity index (χ4v) is 1.88. The summed E-state index contributed by atoms with van der Waals surface area (Å²) >= 11 is 0. The van der Waals surface area contributed by atoms with Crippen molar-refractivity contribution in [2.45, 2.75) is 19.8 Å². The van der Waals surface area contributed by atoms with Crippen molar-refractivity contribution in [3.05, 3.63) is 29.7 Å². The third-order valence-corrected chi connectivity index (χ3v) is 2.67. The Morgan fingerprint density at radius 3 is 2.78 bits per heavy atom. The molecule has 2 rings (SSSR count). The molecule has 0 aliphatic heterocycles. The third kappa shape index (κ3) is 2.11. The van der Waals surface area contributed by atoms with E-state index in [0.29, 0.717) is 17.7 Å². The number of para-hydroxylation sites is 1. The van der Waals surface area contributed by atoms with Gasteiger partial charge in [0.25, 0.3) is 0 Å². The molecule has 1 heterocycles. The fourth-order valence-electron chi connectivity index (χ4n) is 1.88. The number of fused-ring (bicyclic) bond motifs is 1. The number of ether oxygens (including phenoxy) is 1. The maximum Gasteiger partial charge on any atom is 0.373 e. The second-order valence-electron chi connectivity index (χ2n) is 3.91.